The maximum atomic E-state index is 11.8. The smallest absolute Gasteiger partial charge is 0.293 e. The van der Waals surface area contributed by atoms with Crippen LogP contribution < -0.4 is 0 Å². The zero-order chi connectivity index (χ0) is 16.2. The van der Waals surface area contributed by atoms with Crippen molar-refractivity contribution in [1.29, 1.82) is 0 Å². The number of unbranched alkanes of at least 4 members (excludes halogenated alkanes) is 6. The van der Waals surface area contributed by atoms with E-state index in [4.69, 9.17) is 9.78 Å². The van der Waals surface area contributed by atoms with Gasteiger partial charge in [0, 0.05) is 0 Å². The summed E-state index contributed by atoms with van der Waals surface area (Å²) >= 11 is 0. The van der Waals surface area contributed by atoms with Gasteiger partial charge in [-0.15, -0.1) is 0 Å². The maximum Gasteiger partial charge on any atom is 0.373 e. The summed E-state index contributed by atoms with van der Waals surface area (Å²) in [4.78, 5) is 21.6. The van der Waals surface area contributed by atoms with E-state index in [-0.39, 0.29) is 0 Å². The van der Waals surface area contributed by atoms with Gasteiger partial charge in [0.25, 0.3) is 0 Å². The van der Waals surface area contributed by atoms with Crippen LogP contribution in [0.1, 0.15) is 80.6 Å². The molecule has 22 heavy (non-hydrogen) atoms. The summed E-state index contributed by atoms with van der Waals surface area (Å²) in [5, 5.41) is 0. The average molecular weight is 305 g/mol. The number of carbonyl (C=O) groups excluding carboxylic acids is 1. The van der Waals surface area contributed by atoms with Gasteiger partial charge in [-0.2, -0.15) is 4.89 Å². The third kappa shape index (κ3) is 7.60. The van der Waals surface area contributed by atoms with E-state index in [0.717, 1.165) is 19.3 Å². The predicted octanol–water partition coefficient (Wildman–Crippen LogP) is 5.46. The van der Waals surface area contributed by atoms with Crippen LogP contribution in [0.2, 0.25) is 0 Å². The molecule has 0 spiro atoms. The van der Waals surface area contributed by atoms with Crippen LogP contribution in [0, 0.1) is 6.92 Å². The lowest BCUT2D eigenvalue weighted by molar-refractivity contribution is -0.241. The molecule has 0 bridgehead atoms. The molecule has 1 radical (unpaired) electrons. The van der Waals surface area contributed by atoms with Crippen molar-refractivity contribution < 1.29 is 14.6 Å². The summed E-state index contributed by atoms with van der Waals surface area (Å²) < 4.78 is 0. The SMILES string of the molecule is [CH2]CCCCCCCCOOC(=O)c1ccc(C(C)C)cc1. The minimum Gasteiger partial charge on any atom is -0.293 e. The summed E-state index contributed by atoms with van der Waals surface area (Å²) in [6, 6.07) is 7.47. The zero-order valence-electron chi connectivity index (χ0n) is 14.0. The molecule has 0 saturated carbocycles. The molecule has 0 aliphatic rings. The van der Waals surface area contributed by atoms with E-state index < -0.39 is 5.97 Å². The highest BCUT2D eigenvalue weighted by molar-refractivity contribution is 5.88. The van der Waals surface area contributed by atoms with Crippen molar-refractivity contribution in [2.45, 2.75) is 64.7 Å². The van der Waals surface area contributed by atoms with Gasteiger partial charge in [-0.1, -0.05) is 71.4 Å². The highest BCUT2D eigenvalue weighted by Gasteiger charge is 2.08. The molecule has 1 rings (SSSR count). The van der Waals surface area contributed by atoms with Crippen molar-refractivity contribution in [2.75, 3.05) is 6.61 Å². The number of rotatable bonds is 11. The van der Waals surface area contributed by atoms with E-state index in [0.29, 0.717) is 18.1 Å². The first-order valence-corrected chi connectivity index (χ1v) is 8.38. The molecule has 0 heterocycles. The molecule has 0 aromatic heterocycles. The molecule has 0 unspecified atom stereocenters. The molecule has 0 aliphatic carbocycles. The second kappa shape index (κ2) is 11.2. The Labute approximate surface area is 134 Å². The summed E-state index contributed by atoms with van der Waals surface area (Å²) in [5.41, 5.74) is 1.73. The second-order valence-electron chi connectivity index (χ2n) is 5.94. The second-order valence-corrected chi connectivity index (χ2v) is 5.94. The summed E-state index contributed by atoms with van der Waals surface area (Å²) in [5.74, 6) is 0.0284. The zero-order valence-corrected chi connectivity index (χ0v) is 14.0. The van der Waals surface area contributed by atoms with Gasteiger partial charge in [0.15, 0.2) is 0 Å². The quantitative estimate of drug-likeness (QED) is 0.309. The minimum atomic E-state index is -0.425. The molecule has 0 N–H and O–H groups in total. The Kier molecular flexibility index (Phi) is 9.56. The summed E-state index contributed by atoms with van der Waals surface area (Å²) in [7, 11) is 0. The van der Waals surface area contributed by atoms with Gasteiger partial charge in [-0.3, -0.25) is 4.89 Å². The number of hydrogen-bond donors (Lipinski definition) is 0. The third-order valence-corrected chi connectivity index (χ3v) is 3.68. The molecule has 0 aliphatic heterocycles. The van der Waals surface area contributed by atoms with Crippen LogP contribution in [0.5, 0.6) is 0 Å². The Morgan fingerprint density at radius 3 is 2.18 bits per heavy atom. The van der Waals surface area contributed by atoms with Gasteiger partial charge in [-0.25, -0.2) is 4.79 Å². The van der Waals surface area contributed by atoms with Crippen molar-refractivity contribution in [3.63, 3.8) is 0 Å². The van der Waals surface area contributed by atoms with Gasteiger partial charge in [-0.05, 0) is 30.0 Å². The van der Waals surface area contributed by atoms with Crippen LogP contribution in [0.15, 0.2) is 24.3 Å². The highest BCUT2D eigenvalue weighted by Crippen LogP contribution is 2.15. The summed E-state index contributed by atoms with van der Waals surface area (Å²) in [6.07, 6.45) is 7.97. The van der Waals surface area contributed by atoms with E-state index in [1.54, 1.807) is 12.1 Å². The molecule has 3 heteroatoms. The van der Waals surface area contributed by atoms with Gasteiger partial charge in [0.05, 0.1) is 12.2 Å². The lowest BCUT2D eigenvalue weighted by atomic mass is 10.0. The Bertz CT molecular complexity index is 409. The Morgan fingerprint density at radius 1 is 1.00 bits per heavy atom. The van der Waals surface area contributed by atoms with Gasteiger partial charge < -0.3 is 0 Å². The number of hydrogen-bond acceptors (Lipinski definition) is 3. The van der Waals surface area contributed by atoms with Crippen LogP contribution in [-0.4, -0.2) is 12.6 Å². The number of carbonyl (C=O) groups is 1. The topological polar surface area (TPSA) is 35.5 Å². The molecule has 123 valence electrons. The molecule has 1 aromatic carbocycles. The van der Waals surface area contributed by atoms with Crippen LogP contribution in [0.4, 0.5) is 0 Å². The first kappa shape index (κ1) is 18.7. The first-order valence-electron chi connectivity index (χ1n) is 8.38. The van der Waals surface area contributed by atoms with Crippen molar-refractivity contribution in [2.24, 2.45) is 0 Å². The first-order chi connectivity index (χ1) is 10.6. The standard InChI is InChI=1S/C19H29O3/c1-4-5-6-7-8-9-10-15-21-22-19(20)18-13-11-17(12-14-18)16(2)3/h11-14,16H,1,4-10,15H2,2-3H3. The fourth-order valence-corrected chi connectivity index (χ4v) is 2.19. The third-order valence-electron chi connectivity index (χ3n) is 3.68. The summed E-state index contributed by atoms with van der Waals surface area (Å²) in [6.45, 7) is 8.53. The molecular weight excluding hydrogens is 276 g/mol. The monoisotopic (exact) mass is 305 g/mol. The van der Waals surface area contributed by atoms with Crippen LogP contribution >= 0.6 is 0 Å². The molecule has 1 aromatic rings. The fourth-order valence-electron chi connectivity index (χ4n) is 2.19. The highest BCUT2D eigenvalue weighted by atomic mass is 17.2. The Balaban J connectivity index is 2.10. The molecule has 0 amide bonds. The molecular formula is C19H29O3. The minimum absolute atomic E-state index is 0.425. The van der Waals surface area contributed by atoms with Crippen LogP contribution in [0.3, 0.4) is 0 Å². The van der Waals surface area contributed by atoms with E-state index in [1.165, 1.54) is 31.2 Å². The van der Waals surface area contributed by atoms with Crippen LogP contribution in [-0.2, 0) is 9.78 Å². The molecule has 0 saturated heterocycles. The van der Waals surface area contributed by atoms with E-state index >= 15 is 0 Å². The van der Waals surface area contributed by atoms with Gasteiger partial charge >= 0.3 is 5.97 Å². The largest absolute Gasteiger partial charge is 0.373 e. The van der Waals surface area contributed by atoms with E-state index in [1.807, 2.05) is 12.1 Å². The van der Waals surface area contributed by atoms with Gasteiger partial charge in [0.2, 0.25) is 0 Å². The number of benzene rings is 1. The van der Waals surface area contributed by atoms with Crippen molar-refractivity contribution in [3.05, 3.63) is 42.3 Å². The lowest BCUT2D eigenvalue weighted by Crippen LogP contribution is -2.07. The predicted molar refractivity (Wildman–Crippen MR) is 89.6 cm³/mol. The normalized spacial score (nSPS) is 10.9. The van der Waals surface area contributed by atoms with E-state index in [9.17, 15) is 4.79 Å². The lowest BCUT2D eigenvalue weighted by Gasteiger charge is -2.07. The van der Waals surface area contributed by atoms with Crippen LogP contribution in [0.25, 0.3) is 0 Å². The van der Waals surface area contributed by atoms with E-state index in [2.05, 4.69) is 20.8 Å². The fraction of sp³-hybridized carbons (Fsp3) is 0.579. The van der Waals surface area contributed by atoms with Crippen molar-refractivity contribution in [1.82, 2.24) is 0 Å². The Morgan fingerprint density at radius 2 is 1.59 bits per heavy atom. The molecule has 3 nitrogen and oxygen atoms in total. The molecule has 0 fully saturated rings. The Hall–Kier alpha value is -1.35. The van der Waals surface area contributed by atoms with Gasteiger partial charge in [0.1, 0.15) is 0 Å². The van der Waals surface area contributed by atoms with Crippen molar-refractivity contribution >= 4 is 5.97 Å². The maximum absolute atomic E-state index is 11.8. The molecule has 0 atom stereocenters. The van der Waals surface area contributed by atoms with Crippen molar-refractivity contribution in [3.8, 4) is 0 Å². The average Bonchev–Trinajstić information content (AvgIpc) is 2.53.